The first-order valence-electron chi connectivity index (χ1n) is 4.68. The molecule has 2 heterocycles. The molecule has 2 aromatic rings. The van der Waals surface area contributed by atoms with Crippen LogP contribution in [-0.4, -0.2) is 20.2 Å². The Morgan fingerprint density at radius 1 is 1.44 bits per heavy atom. The van der Waals surface area contributed by atoms with E-state index in [-0.39, 0.29) is 28.4 Å². The van der Waals surface area contributed by atoms with Crippen molar-refractivity contribution in [2.45, 2.75) is 20.0 Å². The highest BCUT2D eigenvalue weighted by molar-refractivity contribution is 5.82. The van der Waals surface area contributed by atoms with Gasteiger partial charge < -0.3 is 14.6 Å². The van der Waals surface area contributed by atoms with Crippen LogP contribution in [0.15, 0.2) is 15.3 Å². The molecule has 0 fully saturated rings. The maximum absolute atomic E-state index is 11.2. The van der Waals surface area contributed by atoms with E-state index in [0.717, 1.165) is 6.07 Å². The zero-order valence-corrected chi connectivity index (χ0v) is 8.76. The fraction of sp³-hybridized carbons (Fsp3) is 0.300. The molecule has 0 amide bonds. The van der Waals surface area contributed by atoms with Crippen LogP contribution in [0.25, 0.3) is 11.1 Å². The van der Waals surface area contributed by atoms with Crippen molar-refractivity contribution in [1.82, 2.24) is 9.97 Å². The second kappa shape index (κ2) is 3.57. The monoisotopic (exact) mass is 222 g/mol. The number of fused-ring (bicyclic) bond motifs is 1. The molecule has 0 aromatic carbocycles. The van der Waals surface area contributed by atoms with E-state index in [1.165, 1.54) is 6.92 Å². The third kappa shape index (κ3) is 1.63. The average molecular weight is 222 g/mol. The van der Waals surface area contributed by atoms with Crippen LogP contribution >= 0.6 is 0 Å². The van der Waals surface area contributed by atoms with Crippen LogP contribution < -0.4 is 5.63 Å². The zero-order chi connectivity index (χ0) is 11.9. The van der Waals surface area contributed by atoms with Gasteiger partial charge in [-0.1, -0.05) is 0 Å². The Hall–Kier alpha value is -1.95. The Bertz CT molecular complexity index is 604. The zero-order valence-electron chi connectivity index (χ0n) is 8.76. The molecule has 0 saturated heterocycles. The summed E-state index contributed by atoms with van der Waals surface area (Å²) < 4.78 is 4.84. The SMILES string of the molecule is Cc1nc(O)c2c(C(C)O)cc(=O)oc2n1. The van der Waals surface area contributed by atoms with Crippen molar-refractivity contribution in [3.05, 3.63) is 27.9 Å². The molecule has 84 valence electrons. The lowest BCUT2D eigenvalue weighted by molar-refractivity contribution is 0.199. The van der Waals surface area contributed by atoms with Gasteiger partial charge in [-0.15, -0.1) is 0 Å². The average Bonchev–Trinajstić information content (AvgIpc) is 2.14. The van der Waals surface area contributed by atoms with Gasteiger partial charge in [0.15, 0.2) is 0 Å². The summed E-state index contributed by atoms with van der Waals surface area (Å²) in [6.45, 7) is 3.04. The van der Waals surface area contributed by atoms with Gasteiger partial charge in [-0.25, -0.2) is 4.79 Å². The Balaban J connectivity index is 2.95. The summed E-state index contributed by atoms with van der Waals surface area (Å²) in [6, 6.07) is 1.12. The van der Waals surface area contributed by atoms with Crippen LogP contribution in [0.5, 0.6) is 5.88 Å². The van der Waals surface area contributed by atoms with Crippen LogP contribution in [-0.2, 0) is 0 Å². The number of aliphatic hydroxyl groups excluding tert-OH is 1. The van der Waals surface area contributed by atoms with Gasteiger partial charge >= 0.3 is 5.63 Å². The predicted octanol–water partition coefficient (Wildman–Crippen LogP) is 0.650. The van der Waals surface area contributed by atoms with E-state index in [4.69, 9.17) is 4.42 Å². The van der Waals surface area contributed by atoms with Crippen LogP contribution in [0.2, 0.25) is 0 Å². The number of hydrogen-bond acceptors (Lipinski definition) is 6. The molecular weight excluding hydrogens is 212 g/mol. The Morgan fingerprint density at radius 2 is 2.12 bits per heavy atom. The largest absolute Gasteiger partial charge is 0.493 e. The van der Waals surface area contributed by atoms with Gasteiger partial charge in [-0.05, 0) is 13.8 Å². The number of aryl methyl sites for hydroxylation is 1. The van der Waals surface area contributed by atoms with E-state index in [2.05, 4.69) is 9.97 Å². The van der Waals surface area contributed by atoms with E-state index in [1.807, 2.05) is 0 Å². The van der Waals surface area contributed by atoms with Gasteiger partial charge in [-0.2, -0.15) is 9.97 Å². The standard InChI is InChI=1S/C10H10N2O4/c1-4(13)6-3-7(14)16-10-8(6)9(15)11-5(2)12-10/h3-4,13H,1-2H3,(H,11,12,15). The summed E-state index contributed by atoms with van der Waals surface area (Å²) in [5.74, 6) is -0.0157. The Morgan fingerprint density at radius 3 is 2.75 bits per heavy atom. The summed E-state index contributed by atoms with van der Waals surface area (Å²) in [4.78, 5) is 18.8. The highest BCUT2D eigenvalue weighted by Crippen LogP contribution is 2.27. The lowest BCUT2D eigenvalue weighted by atomic mass is 10.1. The lowest BCUT2D eigenvalue weighted by Gasteiger charge is -2.08. The molecule has 0 aliphatic rings. The minimum atomic E-state index is -0.913. The fourth-order valence-electron chi connectivity index (χ4n) is 1.51. The molecule has 6 heteroatoms. The maximum Gasteiger partial charge on any atom is 0.337 e. The summed E-state index contributed by atoms with van der Waals surface area (Å²) in [5, 5.41) is 19.3. The molecule has 1 unspecified atom stereocenters. The minimum Gasteiger partial charge on any atom is -0.493 e. The van der Waals surface area contributed by atoms with Crippen molar-refractivity contribution in [3.63, 3.8) is 0 Å². The number of aliphatic hydroxyl groups is 1. The highest BCUT2D eigenvalue weighted by Gasteiger charge is 2.16. The quantitative estimate of drug-likeness (QED) is 0.735. The van der Waals surface area contributed by atoms with Crippen LogP contribution in [0.3, 0.4) is 0 Å². The smallest absolute Gasteiger partial charge is 0.337 e. The van der Waals surface area contributed by atoms with Crippen molar-refractivity contribution in [2.75, 3.05) is 0 Å². The fourth-order valence-corrected chi connectivity index (χ4v) is 1.51. The first kappa shape index (κ1) is 10.6. The van der Waals surface area contributed by atoms with Crippen LogP contribution in [0.4, 0.5) is 0 Å². The summed E-state index contributed by atoms with van der Waals surface area (Å²) in [5.41, 5.74) is -0.391. The summed E-state index contributed by atoms with van der Waals surface area (Å²) in [6.07, 6.45) is -0.913. The number of aromatic nitrogens is 2. The predicted molar refractivity (Wildman–Crippen MR) is 55.1 cm³/mol. The van der Waals surface area contributed by atoms with Gasteiger partial charge in [0.25, 0.3) is 0 Å². The van der Waals surface area contributed by atoms with Crippen molar-refractivity contribution in [3.8, 4) is 5.88 Å². The molecule has 2 aromatic heterocycles. The number of aromatic hydroxyl groups is 1. The number of rotatable bonds is 1. The second-order valence-corrected chi connectivity index (χ2v) is 3.47. The van der Waals surface area contributed by atoms with Crippen LogP contribution in [0, 0.1) is 6.92 Å². The van der Waals surface area contributed by atoms with Gasteiger partial charge in [0, 0.05) is 11.6 Å². The van der Waals surface area contributed by atoms with E-state index in [0.29, 0.717) is 0 Å². The molecule has 0 radical (unpaired) electrons. The normalized spacial score (nSPS) is 12.9. The van der Waals surface area contributed by atoms with Crippen molar-refractivity contribution < 1.29 is 14.6 Å². The molecular formula is C10H10N2O4. The first-order valence-corrected chi connectivity index (χ1v) is 4.68. The lowest BCUT2D eigenvalue weighted by Crippen LogP contribution is -2.05. The molecule has 0 aliphatic carbocycles. The number of hydrogen-bond donors (Lipinski definition) is 2. The number of nitrogens with zero attached hydrogens (tertiary/aromatic N) is 2. The molecule has 0 saturated carbocycles. The van der Waals surface area contributed by atoms with Gasteiger partial charge in [-0.3, -0.25) is 0 Å². The van der Waals surface area contributed by atoms with Crippen molar-refractivity contribution in [2.24, 2.45) is 0 Å². The minimum absolute atomic E-state index is 0.0200. The molecule has 16 heavy (non-hydrogen) atoms. The van der Waals surface area contributed by atoms with E-state index in [1.54, 1.807) is 6.92 Å². The first-order chi connectivity index (χ1) is 7.49. The third-order valence-corrected chi connectivity index (χ3v) is 2.18. The maximum atomic E-state index is 11.2. The Kier molecular flexibility index (Phi) is 2.35. The highest BCUT2D eigenvalue weighted by atomic mass is 16.4. The topological polar surface area (TPSA) is 96.5 Å². The van der Waals surface area contributed by atoms with E-state index < -0.39 is 11.7 Å². The second-order valence-electron chi connectivity index (χ2n) is 3.47. The van der Waals surface area contributed by atoms with Gasteiger partial charge in [0.2, 0.25) is 11.6 Å². The van der Waals surface area contributed by atoms with Crippen LogP contribution in [0.1, 0.15) is 24.4 Å². The van der Waals surface area contributed by atoms with Crippen molar-refractivity contribution in [1.29, 1.82) is 0 Å². The Labute approximate surface area is 90.2 Å². The third-order valence-electron chi connectivity index (χ3n) is 2.18. The van der Waals surface area contributed by atoms with Crippen molar-refractivity contribution >= 4 is 11.1 Å². The molecule has 0 aliphatic heterocycles. The molecule has 0 spiro atoms. The molecule has 2 N–H and O–H groups in total. The molecule has 0 bridgehead atoms. The molecule has 2 rings (SSSR count). The molecule has 1 atom stereocenters. The summed E-state index contributed by atoms with van der Waals surface area (Å²) in [7, 11) is 0. The van der Waals surface area contributed by atoms with Gasteiger partial charge in [0.05, 0.1) is 6.10 Å². The molecule has 6 nitrogen and oxygen atoms in total. The summed E-state index contributed by atoms with van der Waals surface area (Å²) >= 11 is 0. The van der Waals surface area contributed by atoms with E-state index >= 15 is 0 Å². The van der Waals surface area contributed by atoms with Gasteiger partial charge in [0.1, 0.15) is 11.2 Å². The van der Waals surface area contributed by atoms with E-state index in [9.17, 15) is 15.0 Å².